The van der Waals surface area contributed by atoms with Crippen LogP contribution in [0.3, 0.4) is 0 Å². The maximum atomic E-state index is 12.6. The van der Waals surface area contributed by atoms with Gasteiger partial charge in [-0.15, -0.1) is 10.2 Å². The lowest BCUT2D eigenvalue weighted by Crippen LogP contribution is -2.50. The highest BCUT2D eigenvalue weighted by molar-refractivity contribution is 5.85. The molecule has 0 spiro atoms. The second-order valence-corrected chi connectivity index (χ2v) is 7.01. The second-order valence-electron chi connectivity index (χ2n) is 7.01. The van der Waals surface area contributed by atoms with Gasteiger partial charge < -0.3 is 15.4 Å². The normalized spacial score (nSPS) is 12.0. The monoisotopic (exact) mass is 395 g/mol. The van der Waals surface area contributed by atoms with Crippen LogP contribution in [0.2, 0.25) is 0 Å². The molecule has 0 aliphatic carbocycles. The van der Waals surface area contributed by atoms with Gasteiger partial charge in [0.15, 0.2) is 5.65 Å². The van der Waals surface area contributed by atoms with Crippen LogP contribution in [0.5, 0.6) is 0 Å². The Morgan fingerprint density at radius 2 is 1.83 bits per heavy atom. The largest absolute Gasteiger partial charge is 0.445 e. The van der Waals surface area contributed by atoms with Crippen molar-refractivity contribution in [3.05, 3.63) is 66.1 Å². The number of rotatable bonds is 8. The zero-order valence-electron chi connectivity index (χ0n) is 16.5. The Balaban J connectivity index is 1.49. The van der Waals surface area contributed by atoms with Crippen LogP contribution in [0, 0.1) is 5.92 Å². The molecule has 1 unspecified atom stereocenters. The molecule has 29 heavy (non-hydrogen) atoms. The van der Waals surface area contributed by atoms with Gasteiger partial charge in [-0.2, -0.15) is 0 Å². The highest BCUT2D eigenvalue weighted by Gasteiger charge is 2.24. The first-order valence-corrected chi connectivity index (χ1v) is 9.58. The Morgan fingerprint density at radius 3 is 2.59 bits per heavy atom. The maximum Gasteiger partial charge on any atom is 0.408 e. The first kappa shape index (κ1) is 20.3. The van der Waals surface area contributed by atoms with Gasteiger partial charge in [-0.1, -0.05) is 50.2 Å². The number of pyridine rings is 1. The molecule has 3 aromatic rings. The zero-order valence-corrected chi connectivity index (χ0v) is 16.5. The number of alkyl carbamates (subject to hydrolysis) is 1. The van der Waals surface area contributed by atoms with Crippen molar-refractivity contribution >= 4 is 17.6 Å². The lowest BCUT2D eigenvalue weighted by molar-refractivity contribution is -0.124. The van der Waals surface area contributed by atoms with E-state index in [1.54, 1.807) is 0 Å². The van der Waals surface area contributed by atoms with Crippen molar-refractivity contribution in [2.45, 2.75) is 32.9 Å². The first-order valence-electron chi connectivity index (χ1n) is 9.58. The Hall–Kier alpha value is -3.42. The first-order chi connectivity index (χ1) is 14.0. The third kappa shape index (κ3) is 5.54. The highest BCUT2D eigenvalue weighted by atomic mass is 16.5. The molecule has 0 saturated heterocycles. The van der Waals surface area contributed by atoms with Gasteiger partial charge >= 0.3 is 6.09 Å². The number of benzene rings is 1. The molecule has 1 atom stereocenters. The molecule has 0 radical (unpaired) electrons. The number of aromatic nitrogens is 3. The number of carbonyl (C=O) groups excluding carboxylic acids is 2. The molecule has 152 valence electrons. The number of hydrogen-bond acceptors (Lipinski definition) is 5. The minimum Gasteiger partial charge on any atom is -0.445 e. The average Bonchev–Trinajstić information content (AvgIpc) is 3.14. The standard InChI is InChI=1S/C21H25N5O3/c1-15(2)19(23-21(28)29-14-16-8-4-3-5-9-16)20(27)22-12-11-18-25-24-17-10-6-7-13-26(17)18/h3-10,13,15,19H,11-12,14H2,1-2H3,(H,22,27)(H,23,28). The van der Waals surface area contributed by atoms with Gasteiger partial charge in [0, 0.05) is 19.2 Å². The molecule has 0 aliphatic heterocycles. The van der Waals surface area contributed by atoms with Crippen LogP contribution in [0.15, 0.2) is 54.7 Å². The summed E-state index contributed by atoms with van der Waals surface area (Å²) in [7, 11) is 0. The minimum atomic E-state index is -0.687. The molecule has 0 aliphatic rings. The summed E-state index contributed by atoms with van der Waals surface area (Å²) in [5, 5.41) is 13.7. The van der Waals surface area contributed by atoms with Crippen molar-refractivity contribution < 1.29 is 14.3 Å². The fourth-order valence-corrected chi connectivity index (χ4v) is 2.90. The predicted molar refractivity (Wildman–Crippen MR) is 108 cm³/mol. The molecule has 0 bridgehead atoms. The molecule has 2 aromatic heterocycles. The van der Waals surface area contributed by atoms with E-state index in [0.29, 0.717) is 13.0 Å². The van der Waals surface area contributed by atoms with Crippen molar-refractivity contribution in [1.82, 2.24) is 25.2 Å². The summed E-state index contributed by atoms with van der Waals surface area (Å²) in [6.45, 7) is 4.28. The molecule has 8 heteroatoms. The lowest BCUT2D eigenvalue weighted by atomic mass is 10.0. The molecule has 3 rings (SSSR count). The SMILES string of the molecule is CC(C)C(NC(=O)OCc1ccccc1)C(=O)NCCc1nnc2ccccn12. The number of amides is 2. The molecule has 0 fully saturated rings. The molecular weight excluding hydrogens is 370 g/mol. The van der Waals surface area contributed by atoms with Crippen molar-refractivity contribution in [3.63, 3.8) is 0 Å². The van der Waals surface area contributed by atoms with Crippen molar-refractivity contribution in [2.24, 2.45) is 5.92 Å². The lowest BCUT2D eigenvalue weighted by Gasteiger charge is -2.21. The smallest absolute Gasteiger partial charge is 0.408 e. The van der Waals surface area contributed by atoms with Gasteiger partial charge in [0.1, 0.15) is 18.5 Å². The number of nitrogens with one attached hydrogen (secondary N) is 2. The van der Waals surface area contributed by atoms with E-state index in [9.17, 15) is 9.59 Å². The zero-order chi connectivity index (χ0) is 20.6. The second kappa shape index (κ2) is 9.68. The van der Waals surface area contributed by atoms with Crippen molar-refractivity contribution in [3.8, 4) is 0 Å². The van der Waals surface area contributed by atoms with Gasteiger partial charge in [0.25, 0.3) is 0 Å². The third-order valence-electron chi connectivity index (χ3n) is 4.47. The Labute approximate surface area is 169 Å². The summed E-state index contributed by atoms with van der Waals surface area (Å²) in [6, 6.07) is 14.4. The van der Waals surface area contributed by atoms with E-state index in [4.69, 9.17) is 4.74 Å². The maximum absolute atomic E-state index is 12.6. The van der Waals surface area contributed by atoms with Gasteiger partial charge in [-0.25, -0.2) is 4.79 Å². The van der Waals surface area contributed by atoms with Crippen LogP contribution in [-0.2, 0) is 22.6 Å². The van der Waals surface area contributed by atoms with E-state index < -0.39 is 12.1 Å². The number of carbonyl (C=O) groups is 2. The number of hydrogen-bond donors (Lipinski definition) is 2. The summed E-state index contributed by atoms with van der Waals surface area (Å²) in [6.07, 6.45) is 1.79. The summed E-state index contributed by atoms with van der Waals surface area (Å²) in [5.74, 6) is 0.413. The Kier molecular flexibility index (Phi) is 6.78. The fraction of sp³-hybridized carbons (Fsp3) is 0.333. The summed E-state index contributed by atoms with van der Waals surface area (Å²) < 4.78 is 7.10. The van der Waals surface area contributed by atoms with Gasteiger partial charge in [0.05, 0.1) is 0 Å². The van der Waals surface area contributed by atoms with E-state index in [2.05, 4.69) is 20.8 Å². The Morgan fingerprint density at radius 1 is 1.07 bits per heavy atom. The average molecular weight is 395 g/mol. The van der Waals surface area contributed by atoms with Crippen LogP contribution < -0.4 is 10.6 Å². The van der Waals surface area contributed by atoms with Gasteiger partial charge in [-0.3, -0.25) is 9.20 Å². The van der Waals surface area contributed by atoms with E-state index in [1.165, 1.54) is 0 Å². The van der Waals surface area contributed by atoms with Gasteiger partial charge in [0.2, 0.25) is 5.91 Å². The van der Waals surface area contributed by atoms with E-state index >= 15 is 0 Å². The molecule has 2 amide bonds. The molecule has 0 saturated carbocycles. The quantitative estimate of drug-likeness (QED) is 0.610. The van der Waals surface area contributed by atoms with E-state index in [-0.39, 0.29) is 18.4 Å². The summed E-state index contributed by atoms with van der Waals surface area (Å²) >= 11 is 0. The Bertz CT molecular complexity index is 955. The molecular formula is C21H25N5O3. The number of nitrogens with zero attached hydrogens (tertiary/aromatic N) is 3. The molecule has 1 aromatic carbocycles. The number of fused-ring (bicyclic) bond motifs is 1. The third-order valence-corrected chi connectivity index (χ3v) is 4.47. The topological polar surface area (TPSA) is 97.6 Å². The predicted octanol–water partition coefficient (Wildman–Crippen LogP) is 2.34. The van der Waals surface area contributed by atoms with E-state index in [0.717, 1.165) is 17.0 Å². The summed E-state index contributed by atoms with van der Waals surface area (Å²) in [5.41, 5.74) is 1.64. The van der Waals surface area contributed by atoms with Crippen LogP contribution in [0.1, 0.15) is 25.2 Å². The van der Waals surface area contributed by atoms with Crippen molar-refractivity contribution in [2.75, 3.05) is 6.54 Å². The van der Waals surface area contributed by atoms with Gasteiger partial charge in [-0.05, 0) is 23.6 Å². The summed E-state index contributed by atoms with van der Waals surface area (Å²) in [4.78, 5) is 24.7. The molecule has 2 N–H and O–H groups in total. The molecule has 8 nitrogen and oxygen atoms in total. The van der Waals surface area contributed by atoms with Crippen molar-refractivity contribution in [1.29, 1.82) is 0 Å². The fourth-order valence-electron chi connectivity index (χ4n) is 2.90. The highest BCUT2D eigenvalue weighted by Crippen LogP contribution is 2.06. The van der Waals surface area contributed by atoms with Crippen LogP contribution in [0.25, 0.3) is 5.65 Å². The molecule has 2 heterocycles. The van der Waals surface area contributed by atoms with E-state index in [1.807, 2.05) is 73.0 Å². The van der Waals surface area contributed by atoms with Crippen LogP contribution >= 0.6 is 0 Å². The van der Waals surface area contributed by atoms with Crippen LogP contribution in [-0.4, -0.2) is 39.2 Å². The minimum absolute atomic E-state index is 0.0896. The number of ether oxygens (including phenoxy) is 1. The van der Waals surface area contributed by atoms with Crippen LogP contribution in [0.4, 0.5) is 4.79 Å².